The van der Waals surface area contributed by atoms with Crippen molar-refractivity contribution >= 4 is 23.2 Å². The molecule has 92 valence electrons. The van der Waals surface area contributed by atoms with E-state index in [0.29, 0.717) is 12.3 Å². The number of anilines is 1. The van der Waals surface area contributed by atoms with E-state index in [1.54, 1.807) is 0 Å². The van der Waals surface area contributed by atoms with Crippen molar-refractivity contribution < 1.29 is 4.79 Å². The lowest BCUT2D eigenvalue weighted by Gasteiger charge is -2.36. The number of hydrogen-bond acceptors (Lipinski definition) is 2. The van der Waals surface area contributed by atoms with Crippen LogP contribution in [0.25, 0.3) is 0 Å². The summed E-state index contributed by atoms with van der Waals surface area (Å²) in [6.45, 7) is 3.39. The summed E-state index contributed by atoms with van der Waals surface area (Å²) in [6, 6.07) is 10.3. The van der Waals surface area contributed by atoms with E-state index in [4.69, 9.17) is 11.6 Å². The fourth-order valence-electron chi connectivity index (χ4n) is 2.09. The van der Waals surface area contributed by atoms with E-state index in [1.165, 1.54) is 5.69 Å². The summed E-state index contributed by atoms with van der Waals surface area (Å²) in [4.78, 5) is 15.9. The lowest BCUT2D eigenvalue weighted by molar-refractivity contribution is -0.131. The number of rotatable bonds is 3. The molecule has 17 heavy (non-hydrogen) atoms. The first-order chi connectivity index (χ1) is 8.31. The van der Waals surface area contributed by atoms with E-state index in [1.807, 2.05) is 23.1 Å². The second-order valence-electron chi connectivity index (χ2n) is 4.14. The van der Waals surface area contributed by atoms with E-state index in [9.17, 15) is 4.79 Å². The SMILES string of the molecule is O=C(CCCl)N1CCN(c2ccccc2)CC1. The summed E-state index contributed by atoms with van der Waals surface area (Å²) in [5.74, 6) is 0.588. The van der Waals surface area contributed by atoms with Gasteiger partial charge in [-0.05, 0) is 12.1 Å². The summed E-state index contributed by atoms with van der Waals surface area (Å²) in [5.41, 5.74) is 1.23. The topological polar surface area (TPSA) is 23.6 Å². The monoisotopic (exact) mass is 252 g/mol. The van der Waals surface area contributed by atoms with Crippen LogP contribution < -0.4 is 4.90 Å². The number of para-hydroxylation sites is 1. The summed E-state index contributed by atoms with van der Waals surface area (Å²) in [5, 5.41) is 0. The Labute approximate surface area is 107 Å². The molecule has 0 aliphatic carbocycles. The molecule has 4 heteroatoms. The van der Waals surface area contributed by atoms with E-state index in [0.717, 1.165) is 26.2 Å². The van der Waals surface area contributed by atoms with Crippen LogP contribution in [0.15, 0.2) is 30.3 Å². The molecule has 1 heterocycles. The van der Waals surface area contributed by atoms with E-state index in [2.05, 4.69) is 17.0 Å². The van der Waals surface area contributed by atoms with Crippen molar-refractivity contribution in [1.29, 1.82) is 0 Å². The third-order valence-electron chi connectivity index (χ3n) is 3.06. The Kier molecular flexibility index (Phi) is 4.26. The van der Waals surface area contributed by atoms with Gasteiger partial charge in [-0.1, -0.05) is 18.2 Å². The van der Waals surface area contributed by atoms with E-state index >= 15 is 0 Å². The Bertz CT molecular complexity index is 361. The Morgan fingerprint density at radius 3 is 2.35 bits per heavy atom. The Hall–Kier alpha value is -1.22. The maximum Gasteiger partial charge on any atom is 0.223 e. The summed E-state index contributed by atoms with van der Waals surface area (Å²) in [7, 11) is 0. The van der Waals surface area contributed by atoms with Gasteiger partial charge < -0.3 is 9.80 Å². The molecule has 2 rings (SSSR count). The molecule has 1 fully saturated rings. The molecule has 0 saturated carbocycles. The summed E-state index contributed by atoms with van der Waals surface area (Å²) >= 11 is 5.58. The summed E-state index contributed by atoms with van der Waals surface area (Å²) in [6.07, 6.45) is 0.451. The zero-order valence-electron chi connectivity index (χ0n) is 9.81. The minimum absolute atomic E-state index is 0.174. The van der Waals surface area contributed by atoms with Gasteiger partial charge in [-0.3, -0.25) is 4.79 Å². The van der Waals surface area contributed by atoms with Crippen molar-refractivity contribution in [2.75, 3.05) is 37.0 Å². The van der Waals surface area contributed by atoms with Gasteiger partial charge in [-0.2, -0.15) is 0 Å². The van der Waals surface area contributed by atoms with Gasteiger partial charge >= 0.3 is 0 Å². The molecule has 0 N–H and O–H groups in total. The predicted molar refractivity (Wildman–Crippen MR) is 70.6 cm³/mol. The van der Waals surface area contributed by atoms with Crippen LogP contribution in [0.5, 0.6) is 0 Å². The fourth-order valence-corrected chi connectivity index (χ4v) is 2.25. The number of carbonyl (C=O) groups is 1. The molecule has 1 saturated heterocycles. The van der Waals surface area contributed by atoms with Crippen LogP contribution >= 0.6 is 11.6 Å². The van der Waals surface area contributed by atoms with Gasteiger partial charge in [-0.25, -0.2) is 0 Å². The normalized spacial score (nSPS) is 16.1. The van der Waals surface area contributed by atoms with Crippen LogP contribution in [0, 0.1) is 0 Å². The van der Waals surface area contributed by atoms with E-state index in [-0.39, 0.29) is 5.91 Å². The first-order valence-electron chi connectivity index (χ1n) is 5.95. The van der Waals surface area contributed by atoms with Gasteiger partial charge in [-0.15, -0.1) is 11.6 Å². The quantitative estimate of drug-likeness (QED) is 0.768. The maximum atomic E-state index is 11.7. The average Bonchev–Trinajstić information content (AvgIpc) is 2.40. The third kappa shape index (κ3) is 3.13. The fraction of sp³-hybridized carbons (Fsp3) is 0.462. The third-order valence-corrected chi connectivity index (χ3v) is 3.25. The van der Waals surface area contributed by atoms with Crippen LogP contribution in [-0.2, 0) is 4.79 Å². The molecule has 0 aromatic heterocycles. The minimum atomic E-state index is 0.174. The zero-order chi connectivity index (χ0) is 12.1. The number of benzene rings is 1. The number of nitrogens with zero attached hydrogens (tertiary/aromatic N) is 2. The number of amides is 1. The molecule has 0 unspecified atom stereocenters. The predicted octanol–water partition coefficient (Wildman–Crippen LogP) is 1.96. The number of halogens is 1. The molecule has 1 aliphatic rings. The highest BCUT2D eigenvalue weighted by Crippen LogP contribution is 2.15. The lowest BCUT2D eigenvalue weighted by atomic mass is 10.2. The number of alkyl halides is 1. The molecule has 1 aliphatic heterocycles. The molecule has 1 aromatic rings. The summed E-state index contributed by atoms with van der Waals surface area (Å²) < 4.78 is 0. The van der Waals surface area contributed by atoms with Gasteiger partial charge in [0.25, 0.3) is 0 Å². The number of hydrogen-bond donors (Lipinski definition) is 0. The largest absolute Gasteiger partial charge is 0.368 e. The second kappa shape index (κ2) is 5.92. The average molecular weight is 253 g/mol. The number of carbonyl (C=O) groups excluding carboxylic acids is 1. The number of piperazine rings is 1. The van der Waals surface area contributed by atoms with Gasteiger partial charge in [0.1, 0.15) is 0 Å². The van der Waals surface area contributed by atoms with Gasteiger partial charge in [0.15, 0.2) is 0 Å². The highest BCUT2D eigenvalue weighted by atomic mass is 35.5. The molecular formula is C13H17ClN2O. The van der Waals surface area contributed by atoms with Crippen LogP contribution in [0.4, 0.5) is 5.69 Å². The van der Waals surface area contributed by atoms with Crippen molar-refractivity contribution in [1.82, 2.24) is 4.90 Å². The molecular weight excluding hydrogens is 236 g/mol. The highest BCUT2D eigenvalue weighted by Gasteiger charge is 2.20. The zero-order valence-corrected chi connectivity index (χ0v) is 10.6. The second-order valence-corrected chi connectivity index (χ2v) is 4.52. The Balaban J connectivity index is 1.88. The molecule has 0 radical (unpaired) electrons. The van der Waals surface area contributed by atoms with Crippen molar-refractivity contribution in [3.05, 3.63) is 30.3 Å². The Morgan fingerprint density at radius 2 is 1.76 bits per heavy atom. The standard InChI is InChI=1S/C13H17ClN2O/c14-7-6-13(17)16-10-8-15(9-11-16)12-4-2-1-3-5-12/h1-5H,6-11H2. The van der Waals surface area contributed by atoms with Crippen LogP contribution in [-0.4, -0.2) is 42.9 Å². The van der Waals surface area contributed by atoms with Crippen molar-refractivity contribution in [2.24, 2.45) is 0 Å². The van der Waals surface area contributed by atoms with Crippen LogP contribution in [0.2, 0.25) is 0 Å². The van der Waals surface area contributed by atoms with Gasteiger partial charge in [0.2, 0.25) is 5.91 Å². The van der Waals surface area contributed by atoms with Crippen molar-refractivity contribution in [3.63, 3.8) is 0 Å². The van der Waals surface area contributed by atoms with Crippen molar-refractivity contribution in [3.8, 4) is 0 Å². The molecule has 1 amide bonds. The van der Waals surface area contributed by atoms with Gasteiger partial charge in [0, 0.05) is 44.2 Å². The van der Waals surface area contributed by atoms with Crippen molar-refractivity contribution in [2.45, 2.75) is 6.42 Å². The van der Waals surface area contributed by atoms with Gasteiger partial charge in [0.05, 0.1) is 0 Å². The first-order valence-corrected chi connectivity index (χ1v) is 6.48. The Morgan fingerprint density at radius 1 is 1.12 bits per heavy atom. The minimum Gasteiger partial charge on any atom is -0.368 e. The molecule has 0 atom stereocenters. The smallest absolute Gasteiger partial charge is 0.223 e. The van der Waals surface area contributed by atoms with Crippen LogP contribution in [0.1, 0.15) is 6.42 Å². The van der Waals surface area contributed by atoms with Crippen LogP contribution in [0.3, 0.4) is 0 Å². The molecule has 3 nitrogen and oxygen atoms in total. The highest BCUT2D eigenvalue weighted by molar-refractivity contribution is 6.18. The molecule has 0 bridgehead atoms. The molecule has 0 spiro atoms. The van der Waals surface area contributed by atoms with E-state index < -0.39 is 0 Å². The lowest BCUT2D eigenvalue weighted by Crippen LogP contribution is -2.48. The molecule has 1 aromatic carbocycles. The maximum absolute atomic E-state index is 11.7. The first kappa shape index (κ1) is 12.2.